The van der Waals surface area contributed by atoms with Gasteiger partial charge in [-0.25, -0.2) is 0 Å². The normalized spacial score (nSPS) is 19.6. The van der Waals surface area contributed by atoms with Gasteiger partial charge in [0.25, 0.3) is 0 Å². The van der Waals surface area contributed by atoms with Crippen LogP contribution in [0, 0.1) is 0 Å². The predicted molar refractivity (Wildman–Crippen MR) is 73.4 cm³/mol. The molecule has 1 aliphatic heterocycles. The molecule has 1 aromatic carbocycles. The van der Waals surface area contributed by atoms with Crippen LogP contribution >= 0.6 is 11.8 Å². The highest BCUT2D eigenvalue weighted by Gasteiger charge is 2.15. The fourth-order valence-electron chi connectivity index (χ4n) is 1.87. The molecular formula is C13H18N2OS. The monoisotopic (exact) mass is 250 g/mol. The number of hydrogen-bond donors (Lipinski definition) is 2. The number of carbonyl (C=O) groups is 1. The zero-order valence-electron chi connectivity index (χ0n) is 9.82. The minimum absolute atomic E-state index is 0.0846. The number of hydrogen-bond acceptors (Lipinski definition) is 3. The molecule has 1 aliphatic rings. The van der Waals surface area contributed by atoms with Crippen molar-refractivity contribution in [3.8, 4) is 0 Å². The van der Waals surface area contributed by atoms with E-state index in [0.717, 1.165) is 17.9 Å². The lowest BCUT2D eigenvalue weighted by molar-refractivity contribution is -0.120. The van der Waals surface area contributed by atoms with Crippen molar-refractivity contribution >= 4 is 23.4 Å². The first-order valence-corrected chi connectivity index (χ1v) is 7.16. The first kappa shape index (κ1) is 12.3. The summed E-state index contributed by atoms with van der Waals surface area (Å²) in [4.78, 5) is 11.7. The van der Waals surface area contributed by atoms with Gasteiger partial charge in [0.1, 0.15) is 0 Å². The molecule has 1 heterocycles. The Bertz CT molecular complexity index is 350. The van der Waals surface area contributed by atoms with E-state index >= 15 is 0 Å². The third-order valence-electron chi connectivity index (χ3n) is 2.75. The number of rotatable bonds is 4. The number of para-hydroxylation sites is 1. The van der Waals surface area contributed by atoms with Gasteiger partial charge in [0.15, 0.2) is 0 Å². The maximum atomic E-state index is 11.7. The summed E-state index contributed by atoms with van der Waals surface area (Å²) < 4.78 is 0. The van der Waals surface area contributed by atoms with E-state index in [9.17, 15) is 4.79 Å². The number of thioether (sulfide) groups is 1. The molecule has 0 bridgehead atoms. The van der Waals surface area contributed by atoms with Crippen molar-refractivity contribution in [1.29, 1.82) is 0 Å². The third-order valence-corrected chi connectivity index (χ3v) is 3.97. The molecule has 1 unspecified atom stereocenters. The highest BCUT2D eigenvalue weighted by atomic mass is 32.2. The second kappa shape index (κ2) is 6.55. The van der Waals surface area contributed by atoms with Gasteiger partial charge in [-0.3, -0.25) is 4.79 Å². The Labute approximate surface area is 106 Å². The second-order valence-corrected chi connectivity index (χ2v) is 5.35. The standard InChI is InChI=1S/C13H18N2OS/c16-13(15-12-7-4-8-17-10-12)9-14-11-5-2-1-3-6-11/h1-3,5-6,12,14H,4,7-10H2,(H,15,16). The molecule has 1 aromatic rings. The van der Waals surface area contributed by atoms with Crippen LogP contribution in [0.5, 0.6) is 0 Å². The van der Waals surface area contributed by atoms with E-state index in [1.807, 2.05) is 42.1 Å². The first-order valence-electron chi connectivity index (χ1n) is 6.00. The molecule has 1 atom stereocenters. The maximum absolute atomic E-state index is 11.7. The average molecular weight is 250 g/mol. The average Bonchev–Trinajstić information content (AvgIpc) is 2.39. The molecule has 0 radical (unpaired) electrons. The van der Waals surface area contributed by atoms with Crippen LogP contribution in [0.3, 0.4) is 0 Å². The molecule has 4 heteroatoms. The van der Waals surface area contributed by atoms with Gasteiger partial charge in [0, 0.05) is 17.5 Å². The molecule has 92 valence electrons. The van der Waals surface area contributed by atoms with Crippen LogP contribution in [-0.2, 0) is 4.79 Å². The summed E-state index contributed by atoms with van der Waals surface area (Å²) in [6.45, 7) is 0.352. The van der Waals surface area contributed by atoms with Crippen molar-refractivity contribution in [3.05, 3.63) is 30.3 Å². The van der Waals surface area contributed by atoms with Gasteiger partial charge in [-0.05, 0) is 30.7 Å². The molecule has 1 amide bonds. The smallest absolute Gasteiger partial charge is 0.239 e. The molecule has 0 aromatic heterocycles. The van der Waals surface area contributed by atoms with Gasteiger partial charge in [0.2, 0.25) is 5.91 Å². The van der Waals surface area contributed by atoms with Gasteiger partial charge in [-0.1, -0.05) is 18.2 Å². The Morgan fingerprint density at radius 2 is 2.18 bits per heavy atom. The Hall–Kier alpha value is -1.16. The number of anilines is 1. The molecule has 0 aliphatic carbocycles. The van der Waals surface area contributed by atoms with Crippen LogP contribution in [0.25, 0.3) is 0 Å². The minimum atomic E-state index is 0.0846. The predicted octanol–water partition coefficient (Wildman–Crippen LogP) is 2.11. The van der Waals surface area contributed by atoms with E-state index in [0.29, 0.717) is 12.6 Å². The van der Waals surface area contributed by atoms with E-state index in [4.69, 9.17) is 0 Å². The Morgan fingerprint density at radius 3 is 2.88 bits per heavy atom. The lowest BCUT2D eigenvalue weighted by atomic mass is 10.2. The SMILES string of the molecule is O=C(CNc1ccccc1)NC1CCCSC1. The van der Waals surface area contributed by atoms with Crippen LogP contribution in [0.2, 0.25) is 0 Å². The highest BCUT2D eigenvalue weighted by molar-refractivity contribution is 7.99. The summed E-state index contributed by atoms with van der Waals surface area (Å²) in [5, 5.41) is 6.18. The quantitative estimate of drug-likeness (QED) is 0.860. The van der Waals surface area contributed by atoms with Crippen molar-refractivity contribution < 1.29 is 4.79 Å². The van der Waals surface area contributed by atoms with Gasteiger partial charge in [-0.15, -0.1) is 0 Å². The largest absolute Gasteiger partial charge is 0.376 e. The molecule has 0 spiro atoms. The van der Waals surface area contributed by atoms with E-state index in [2.05, 4.69) is 10.6 Å². The zero-order chi connectivity index (χ0) is 11.9. The molecular weight excluding hydrogens is 232 g/mol. The third kappa shape index (κ3) is 4.30. The van der Waals surface area contributed by atoms with Crippen molar-refractivity contribution in [2.75, 3.05) is 23.4 Å². The van der Waals surface area contributed by atoms with Gasteiger partial charge < -0.3 is 10.6 Å². The summed E-state index contributed by atoms with van der Waals surface area (Å²) >= 11 is 1.92. The van der Waals surface area contributed by atoms with Crippen molar-refractivity contribution in [2.45, 2.75) is 18.9 Å². The van der Waals surface area contributed by atoms with E-state index in [1.165, 1.54) is 12.2 Å². The zero-order valence-corrected chi connectivity index (χ0v) is 10.6. The van der Waals surface area contributed by atoms with Crippen LogP contribution in [-0.4, -0.2) is 30.0 Å². The minimum Gasteiger partial charge on any atom is -0.376 e. The Balaban J connectivity index is 1.70. The second-order valence-electron chi connectivity index (χ2n) is 4.20. The molecule has 2 rings (SSSR count). The van der Waals surface area contributed by atoms with Gasteiger partial charge in [0.05, 0.1) is 6.54 Å². The van der Waals surface area contributed by atoms with Crippen LogP contribution < -0.4 is 10.6 Å². The maximum Gasteiger partial charge on any atom is 0.239 e. The van der Waals surface area contributed by atoms with Crippen molar-refractivity contribution in [3.63, 3.8) is 0 Å². The van der Waals surface area contributed by atoms with Crippen molar-refractivity contribution in [1.82, 2.24) is 5.32 Å². The molecule has 1 fully saturated rings. The number of carbonyl (C=O) groups excluding carboxylic acids is 1. The summed E-state index contributed by atoms with van der Waals surface area (Å²) in [6.07, 6.45) is 2.33. The fraction of sp³-hybridized carbons (Fsp3) is 0.462. The molecule has 1 saturated heterocycles. The highest BCUT2D eigenvalue weighted by Crippen LogP contribution is 2.16. The summed E-state index contributed by atoms with van der Waals surface area (Å²) in [7, 11) is 0. The van der Waals surface area contributed by atoms with E-state index in [1.54, 1.807) is 0 Å². The van der Waals surface area contributed by atoms with Gasteiger partial charge in [-0.2, -0.15) is 11.8 Å². The molecule has 2 N–H and O–H groups in total. The topological polar surface area (TPSA) is 41.1 Å². The molecule has 3 nitrogen and oxygen atoms in total. The fourth-order valence-corrected chi connectivity index (χ4v) is 2.94. The van der Waals surface area contributed by atoms with Crippen LogP contribution in [0.15, 0.2) is 30.3 Å². The lowest BCUT2D eigenvalue weighted by Crippen LogP contribution is -2.41. The van der Waals surface area contributed by atoms with E-state index in [-0.39, 0.29) is 5.91 Å². The summed E-state index contributed by atoms with van der Waals surface area (Å²) in [5.74, 6) is 2.37. The van der Waals surface area contributed by atoms with Crippen LogP contribution in [0.1, 0.15) is 12.8 Å². The van der Waals surface area contributed by atoms with Gasteiger partial charge >= 0.3 is 0 Å². The Morgan fingerprint density at radius 1 is 1.35 bits per heavy atom. The first-order chi connectivity index (χ1) is 8.34. The van der Waals surface area contributed by atoms with Crippen molar-refractivity contribution in [2.24, 2.45) is 0 Å². The molecule has 0 saturated carbocycles. The van der Waals surface area contributed by atoms with E-state index < -0.39 is 0 Å². The lowest BCUT2D eigenvalue weighted by Gasteiger charge is -2.22. The number of benzene rings is 1. The summed E-state index contributed by atoms with van der Waals surface area (Å²) in [6, 6.07) is 10.2. The van der Waals surface area contributed by atoms with Crippen LogP contribution in [0.4, 0.5) is 5.69 Å². The molecule has 17 heavy (non-hydrogen) atoms. The number of nitrogens with one attached hydrogen (secondary N) is 2. The summed E-state index contributed by atoms with van der Waals surface area (Å²) in [5.41, 5.74) is 0.987. The number of amides is 1. The Kier molecular flexibility index (Phi) is 4.74.